The molecule has 0 aliphatic heterocycles. The molecule has 0 unspecified atom stereocenters. The van der Waals surface area contributed by atoms with Gasteiger partial charge < -0.3 is 9.84 Å². The van der Waals surface area contributed by atoms with Gasteiger partial charge in [0.05, 0.1) is 6.54 Å². The Bertz CT molecular complexity index is 373. The summed E-state index contributed by atoms with van der Waals surface area (Å²) in [7, 11) is 0. The third-order valence-corrected chi connectivity index (χ3v) is 1.76. The Kier molecular flexibility index (Phi) is 3.70. The fourth-order valence-corrected chi connectivity index (χ4v) is 0.870. The van der Waals surface area contributed by atoms with Gasteiger partial charge in [-0.1, -0.05) is 19.0 Å². The molecule has 0 atom stereocenters. The molecule has 0 aliphatic rings. The first kappa shape index (κ1) is 13.8. The molecule has 0 fully saturated rings. The van der Waals surface area contributed by atoms with Crippen molar-refractivity contribution in [2.24, 2.45) is 0 Å². The maximum atomic E-state index is 12.7. The second kappa shape index (κ2) is 4.55. The van der Waals surface area contributed by atoms with Crippen LogP contribution < -0.4 is 5.32 Å². The smallest absolute Gasteiger partial charge is 0.332 e. The molecular weight excluding hydrogens is 249 g/mol. The van der Waals surface area contributed by atoms with E-state index >= 15 is 0 Å². The van der Waals surface area contributed by atoms with Gasteiger partial charge in [0.1, 0.15) is 0 Å². The lowest BCUT2D eigenvalue weighted by Gasteiger charge is -2.14. The van der Waals surface area contributed by atoms with Crippen LogP contribution >= 0.6 is 0 Å². The van der Waals surface area contributed by atoms with Crippen LogP contribution in [-0.2, 0) is 12.5 Å². The molecule has 0 bridgehead atoms. The zero-order valence-electron chi connectivity index (χ0n) is 8.98. The van der Waals surface area contributed by atoms with Crippen LogP contribution in [-0.4, -0.2) is 22.4 Å². The lowest BCUT2D eigenvalue weighted by atomic mass is 10.3. The zero-order valence-corrected chi connectivity index (χ0v) is 8.98. The summed E-state index contributed by atoms with van der Waals surface area (Å²) in [6.45, 7) is 3.49. The van der Waals surface area contributed by atoms with E-state index in [0.29, 0.717) is 0 Å². The SMILES string of the molecule is CC(C)NCc1noc(C(F)(F)C(F)(F)F)n1. The predicted octanol–water partition coefficient (Wildman–Crippen LogP) is 2.22. The van der Waals surface area contributed by atoms with Crippen LogP contribution in [0.25, 0.3) is 0 Å². The van der Waals surface area contributed by atoms with E-state index in [-0.39, 0.29) is 18.4 Å². The largest absolute Gasteiger partial charge is 0.463 e. The summed E-state index contributed by atoms with van der Waals surface area (Å²) in [6.07, 6.45) is -5.75. The number of aromatic nitrogens is 2. The Morgan fingerprint density at radius 2 is 1.82 bits per heavy atom. The Hall–Kier alpha value is -1.25. The van der Waals surface area contributed by atoms with E-state index < -0.39 is 18.0 Å². The van der Waals surface area contributed by atoms with E-state index in [1.165, 1.54) is 0 Å². The van der Waals surface area contributed by atoms with Crippen LogP contribution in [0, 0.1) is 0 Å². The second-order valence-electron chi connectivity index (χ2n) is 3.62. The Balaban J connectivity index is 2.81. The van der Waals surface area contributed by atoms with Crippen molar-refractivity contribution < 1.29 is 26.5 Å². The third-order valence-electron chi connectivity index (χ3n) is 1.76. The number of rotatable bonds is 4. The van der Waals surface area contributed by atoms with Gasteiger partial charge in [0.2, 0.25) is 0 Å². The van der Waals surface area contributed by atoms with Crippen molar-refractivity contribution in [2.75, 3.05) is 0 Å². The van der Waals surface area contributed by atoms with Gasteiger partial charge in [0.25, 0.3) is 0 Å². The molecule has 1 rings (SSSR count). The van der Waals surface area contributed by atoms with Crippen molar-refractivity contribution in [3.63, 3.8) is 0 Å². The fourth-order valence-electron chi connectivity index (χ4n) is 0.870. The standard InChI is InChI=1S/C8H10F5N3O/c1-4(2)14-3-5-15-6(17-16-5)7(9,10)8(11,12)13/h4,14H,3H2,1-2H3. The summed E-state index contributed by atoms with van der Waals surface area (Å²) in [6, 6.07) is 0.0140. The highest BCUT2D eigenvalue weighted by Gasteiger charge is 2.63. The normalized spacial score (nSPS) is 13.4. The van der Waals surface area contributed by atoms with Gasteiger partial charge in [-0.3, -0.25) is 0 Å². The van der Waals surface area contributed by atoms with Crippen molar-refractivity contribution in [3.8, 4) is 0 Å². The Morgan fingerprint density at radius 1 is 1.24 bits per heavy atom. The maximum absolute atomic E-state index is 12.7. The van der Waals surface area contributed by atoms with Crippen molar-refractivity contribution in [1.82, 2.24) is 15.5 Å². The summed E-state index contributed by atoms with van der Waals surface area (Å²) in [5, 5.41) is 5.79. The molecule has 0 aliphatic carbocycles. The minimum atomic E-state index is -5.75. The number of nitrogens with zero attached hydrogens (tertiary/aromatic N) is 2. The van der Waals surface area contributed by atoms with Gasteiger partial charge in [0, 0.05) is 6.04 Å². The monoisotopic (exact) mass is 259 g/mol. The molecule has 0 aromatic carbocycles. The van der Waals surface area contributed by atoms with E-state index in [4.69, 9.17) is 0 Å². The van der Waals surface area contributed by atoms with E-state index in [2.05, 4.69) is 20.0 Å². The summed E-state index contributed by atoms with van der Waals surface area (Å²) >= 11 is 0. The molecule has 0 saturated carbocycles. The number of halogens is 5. The predicted molar refractivity (Wildman–Crippen MR) is 46.2 cm³/mol. The summed E-state index contributed by atoms with van der Waals surface area (Å²) in [5.74, 6) is -7.13. The van der Waals surface area contributed by atoms with Crippen LogP contribution in [0.4, 0.5) is 22.0 Å². The molecule has 0 amide bonds. The average Bonchev–Trinajstić information content (AvgIpc) is 2.61. The lowest BCUT2D eigenvalue weighted by molar-refractivity contribution is -0.298. The average molecular weight is 259 g/mol. The Labute approximate surface area is 93.2 Å². The molecule has 17 heavy (non-hydrogen) atoms. The van der Waals surface area contributed by atoms with Crippen molar-refractivity contribution >= 4 is 0 Å². The van der Waals surface area contributed by atoms with E-state index in [1.54, 1.807) is 13.8 Å². The van der Waals surface area contributed by atoms with Gasteiger partial charge in [0.15, 0.2) is 5.82 Å². The topological polar surface area (TPSA) is 51.0 Å². The van der Waals surface area contributed by atoms with Gasteiger partial charge in [-0.25, -0.2) is 0 Å². The minimum Gasteiger partial charge on any atom is -0.332 e. The highest BCUT2D eigenvalue weighted by atomic mass is 19.4. The minimum absolute atomic E-state index is 0.0140. The molecule has 1 aromatic heterocycles. The van der Waals surface area contributed by atoms with E-state index in [9.17, 15) is 22.0 Å². The number of hydrogen-bond donors (Lipinski definition) is 1. The number of hydrogen-bond acceptors (Lipinski definition) is 4. The quantitative estimate of drug-likeness (QED) is 0.842. The highest BCUT2D eigenvalue weighted by Crippen LogP contribution is 2.42. The molecular formula is C8H10F5N3O. The van der Waals surface area contributed by atoms with Gasteiger partial charge in [-0.2, -0.15) is 26.9 Å². The fraction of sp³-hybridized carbons (Fsp3) is 0.750. The third kappa shape index (κ3) is 3.11. The number of nitrogens with one attached hydrogen (secondary N) is 1. The molecule has 0 saturated heterocycles. The molecule has 0 spiro atoms. The van der Waals surface area contributed by atoms with Gasteiger partial charge in [-0.05, 0) is 0 Å². The molecule has 4 nitrogen and oxygen atoms in total. The van der Waals surface area contributed by atoms with Crippen molar-refractivity contribution in [2.45, 2.75) is 38.5 Å². The zero-order chi connectivity index (χ0) is 13.3. The molecule has 1 heterocycles. The van der Waals surface area contributed by atoms with Crippen LogP contribution in [0.15, 0.2) is 4.52 Å². The second-order valence-corrected chi connectivity index (χ2v) is 3.62. The molecule has 0 radical (unpaired) electrons. The van der Waals surface area contributed by atoms with Gasteiger partial charge in [-0.15, -0.1) is 0 Å². The van der Waals surface area contributed by atoms with Crippen molar-refractivity contribution in [3.05, 3.63) is 11.7 Å². The summed E-state index contributed by atoms with van der Waals surface area (Å²) < 4.78 is 65.2. The Morgan fingerprint density at radius 3 is 2.29 bits per heavy atom. The van der Waals surface area contributed by atoms with E-state index in [1.807, 2.05) is 0 Å². The first-order valence-corrected chi connectivity index (χ1v) is 4.65. The molecule has 9 heteroatoms. The van der Waals surface area contributed by atoms with E-state index in [0.717, 1.165) is 0 Å². The van der Waals surface area contributed by atoms with Gasteiger partial charge >= 0.3 is 18.0 Å². The van der Waals surface area contributed by atoms with Crippen LogP contribution in [0.1, 0.15) is 25.6 Å². The number of alkyl halides is 5. The van der Waals surface area contributed by atoms with Crippen molar-refractivity contribution in [1.29, 1.82) is 0 Å². The summed E-state index contributed by atoms with van der Waals surface area (Å²) in [4.78, 5) is 3.01. The first-order valence-electron chi connectivity index (χ1n) is 4.65. The molecule has 1 aromatic rings. The van der Waals surface area contributed by atoms with Crippen LogP contribution in [0.3, 0.4) is 0 Å². The lowest BCUT2D eigenvalue weighted by Crippen LogP contribution is -2.34. The molecule has 98 valence electrons. The molecule has 1 N–H and O–H groups in total. The summed E-state index contributed by atoms with van der Waals surface area (Å²) in [5.41, 5.74) is 0. The van der Waals surface area contributed by atoms with Crippen LogP contribution in [0.2, 0.25) is 0 Å². The maximum Gasteiger partial charge on any atom is 0.463 e. The highest BCUT2D eigenvalue weighted by molar-refractivity contribution is 4.97. The van der Waals surface area contributed by atoms with Crippen LogP contribution in [0.5, 0.6) is 0 Å². The first-order chi connectivity index (χ1) is 7.64.